The number of aldehydes is 1. The Hall–Kier alpha value is -1.39. The zero-order chi connectivity index (χ0) is 16.8. The summed E-state index contributed by atoms with van der Waals surface area (Å²) >= 11 is 0. The molecule has 4 heteroatoms. The van der Waals surface area contributed by atoms with Gasteiger partial charge in [-0.2, -0.15) is 0 Å². The number of carbonyl (C=O) groups is 1. The fraction of sp³-hybridized carbons (Fsp3) is 0.500. The van der Waals surface area contributed by atoms with Crippen molar-refractivity contribution < 1.29 is 14.3 Å². The van der Waals surface area contributed by atoms with E-state index in [0.29, 0.717) is 12.8 Å². The second kappa shape index (κ2) is 8.29. The van der Waals surface area contributed by atoms with Crippen LogP contribution in [0, 0.1) is 0 Å². The van der Waals surface area contributed by atoms with Crippen LogP contribution in [-0.4, -0.2) is 19.5 Å². The molecule has 0 saturated heterocycles. The van der Waals surface area contributed by atoms with Crippen LogP contribution >= 0.6 is 0 Å². The molecule has 122 valence electrons. The van der Waals surface area contributed by atoms with Gasteiger partial charge < -0.3 is 9.52 Å². The number of aliphatic hydroxyl groups is 1. The quantitative estimate of drug-likeness (QED) is 0.339. The Bertz CT molecular complexity index is 543. The molecule has 1 aromatic heterocycles. The first kappa shape index (κ1) is 18.7. The third-order valence-corrected chi connectivity index (χ3v) is 5.22. The van der Waals surface area contributed by atoms with Crippen LogP contribution in [-0.2, 0) is 4.79 Å². The van der Waals surface area contributed by atoms with Crippen molar-refractivity contribution in [2.45, 2.75) is 58.9 Å². The van der Waals surface area contributed by atoms with Crippen molar-refractivity contribution in [3.63, 3.8) is 0 Å². The van der Waals surface area contributed by atoms with E-state index >= 15 is 0 Å². The maximum absolute atomic E-state index is 11.1. The molecule has 1 N–H and O–H groups in total. The molecule has 0 bridgehead atoms. The van der Waals surface area contributed by atoms with Crippen LogP contribution in [0.5, 0.6) is 0 Å². The first-order valence-electron chi connectivity index (χ1n) is 7.78. The van der Waals surface area contributed by atoms with Crippen LogP contribution in [0.1, 0.15) is 44.8 Å². The van der Waals surface area contributed by atoms with E-state index in [9.17, 15) is 9.90 Å². The molecule has 0 aromatic carbocycles. The molecule has 22 heavy (non-hydrogen) atoms. The normalized spacial score (nSPS) is 13.8. The molecule has 1 rings (SSSR count). The van der Waals surface area contributed by atoms with E-state index in [1.807, 2.05) is 26.0 Å². The maximum Gasteiger partial charge on any atom is 0.145 e. The Morgan fingerprint density at radius 1 is 1.32 bits per heavy atom. The maximum atomic E-state index is 11.1. The molecule has 3 nitrogen and oxygen atoms in total. The molecule has 0 saturated carbocycles. The summed E-state index contributed by atoms with van der Waals surface area (Å²) in [6, 6.07) is 1.95. The number of carbonyl (C=O) groups excluding carboxylic acids is 1. The SMILES string of the molecule is CC(C)=CCC/C(C=O)=C\CC(O)c1coc([Si](C)(C)C)c1. The van der Waals surface area contributed by atoms with Gasteiger partial charge in [-0.05, 0) is 44.7 Å². The summed E-state index contributed by atoms with van der Waals surface area (Å²) < 4.78 is 5.58. The highest BCUT2D eigenvalue weighted by molar-refractivity contribution is 6.87. The molecule has 1 atom stereocenters. The highest BCUT2D eigenvalue weighted by atomic mass is 28.3. The van der Waals surface area contributed by atoms with Gasteiger partial charge >= 0.3 is 0 Å². The van der Waals surface area contributed by atoms with Crippen LogP contribution in [0.25, 0.3) is 0 Å². The Morgan fingerprint density at radius 3 is 2.50 bits per heavy atom. The number of hydrogen-bond donors (Lipinski definition) is 1. The Balaban J connectivity index is 2.64. The zero-order valence-corrected chi connectivity index (χ0v) is 15.3. The van der Waals surface area contributed by atoms with Gasteiger partial charge in [0.25, 0.3) is 0 Å². The Labute approximate surface area is 134 Å². The summed E-state index contributed by atoms with van der Waals surface area (Å²) in [4.78, 5) is 11.1. The molecule has 0 aliphatic carbocycles. The van der Waals surface area contributed by atoms with Gasteiger partial charge in [-0.1, -0.05) is 37.4 Å². The molecule has 0 radical (unpaired) electrons. The topological polar surface area (TPSA) is 50.4 Å². The first-order valence-corrected chi connectivity index (χ1v) is 11.3. The number of rotatable bonds is 8. The monoisotopic (exact) mass is 320 g/mol. The van der Waals surface area contributed by atoms with Crippen molar-refractivity contribution in [1.82, 2.24) is 0 Å². The van der Waals surface area contributed by atoms with Crippen LogP contribution in [0.3, 0.4) is 0 Å². The lowest BCUT2D eigenvalue weighted by atomic mass is 10.1. The van der Waals surface area contributed by atoms with E-state index in [2.05, 4.69) is 25.7 Å². The third-order valence-electron chi connectivity index (χ3n) is 3.48. The standard InChI is InChI=1S/C18H28O3Si/c1-14(2)7-6-8-15(12-19)9-10-17(20)16-11-18(21-13-16)22(3,4)5/h7,9,11-13,17,20H,6,8,10H2,1-5H3/b15-9+. The number of aliphatic hydroxyl groups excluding tert-OH is 1. The van der Waals surface area contributed by atoms with Gasteiger partial charge in [0.1, 0.15) is 14.4 Å². The lowest BCUT2D eigenvalue weighted by molar-refractivity contribution is -0.105. The number of furan rings is 1. The lowest BCUT2D eigenvalue weighted by Gasteiger charge is -2.11. The lowest BCUT2D eigenvalue weighted by Crippen LogP contribution is -2.36. The summed E-state index contributed by atoms with van der Waals surface area (Å²) in [7, 11) is -1.49. The molecule has 1 aromatic rings. The summed E-state index contributed by atoms with van der Waals surface area (Å²) in [6.45, 7) is 10.7. The fourth-order valence-corrected chi connectivity index (χ4v) is 3.07. The van der Waals surface area contributed by atoms with E-state index < -0.39 is 14.2 Å². The predicted molar refractivity (Wildman–Crippen MR) is 94.1 cm³/mol. The van der Waals surface area contributed by atoms with Crippen molar-refractivity contribution in [1.29, 1.82) is 0 Å². The molecule has 0 aliphatic rings. The minimum atomic E-state index is -1.49. The molecular weight excluding hydrogens is 292 g/mol. The number of hydrogen-bond acceptors (Lipinski definition) is 3. The van der Waals surface area contributed by atoms with Crippen LogP contribution in [0.2, 0.25) is 19.6 Å². The van der Waals surface area contributed by atoms with Gasteiger partial charge in [0.2, 0.25) is 0 Å². The van der Waals surface area contributed by atoms with Gasteiger partial charge in [0.15, 0.2) is 0 Å². The highest BCUT2D eigenvalue weighted by Gasteiger charge is 2.22. The van der Waals surface area contributed by atoms with Gasteiger partial charge in [-0.25, -0.2) is 0 Å². The molecular formula is C18H28O3Si. The molecule has 0 fully saturated rings. The van der Waals surface area contributed by atoms with E-state index in [1.54, 1.807) is 6.26 Å². The van der Waals surface area contributed by atoms with Crippen LogP contribution < -0.4 is 5.38 Å². The minimum Gasteiger partial charge on any atom is -0.474 e. The zero-order valence-electron chi connectivity index (χ0n) is 14.3. The summed E-state index contributed by atoms with van der Waals surface area (Å²) in [5.41, 5.74) is 2.79. The summed E-state index contributed by atoms with van der Waals surface area (Å²) in [5.74, 6) is 0. The van der Waals surface area contributed by atoms with E-state index in [1.165, 1.54) is 5.57 Å². The average molecular weight is 321 g/mol. The van der Waals surface area contributed by atoms with Gasteiger partial charge in [0, 0.05) is 5.56 Å². The molecule has 1 unspecified atom stereocenters. The van der Waals surface area contributed by atoms with Gasteiger partial charge in [-0.3, -0.25) is 4.79 Å². The van der Waals surface area contributed by atoms with Gasteiger partial charge in [-0.15, -0.1) is 0 Å². The van der Waals surface area contributed by atoms with E-state index in [-0.39, 0.29) is 0 Å². The van der Waals surface area contributed by atoms with Crippen molar-refractivity contribution in [3.8, 4) is 0 Å². The van der Waals surface area contributed by atoms with Crippen LogP contribution in [0.15, 0.2) is 40.0 Å². The first-order chi connectivity index (χ1) is 10.2. The third kappa shape index (κ3) is 6.16. The second-order valence-electron chi connectivity index (χ2n) is 6.96. The molecule has 0 spiro atoms. The molecule has 1 heterocycles. The summed E-state index contributed by atoms with van der Waals surface area (Å²) in [5, 5.41) is 11.2. The number of allylic oxidation sites excluding steroid dienone is 3. The molecule has 0 amide bonds. The van der Waals surface area contributed by atoms with Gasteiger partial charge in [0.05, 0.1) is 17.8 Å². The average Bonchev–Trinajstić information content (AvgIpc) is 2.91. The fourth-order valence-electron chi connectivity index (χ4n) is 2.05. The van der Waals surface area contributed by atoms with Crippen molar-refractivity contribution in [3.05, 3.63) is 41.2 Å². The Kier molecular flexibility index (Phi) is 7.03. The minimum absolute atomic E-state index is 0.438. The van der Waals surface area contributed by atoms with Crippen molar-refractivity contribution in [2.24, 2.45) is 0 Å². The largest absolute Gasteiger partial charge is 0.474 e. The smallest absolute Gasteiger partial charge is 0.145 e. The van der Waals surface area contributed by atoms with E-state index in [4.69, 9.17) is 4.42 Å². The predicted octanol–water partition coefficient (Wildman–Crippen LogP) is 4.12. The Morgan fingerprint density at radius 2 is 2.00 bits per heavy atom. The summed E-state index contributed by atoms with van der Waals surface area (Å²) in [6.07, 6.45) is 7.85. The van der Waals surface area contributed by atoms with Crippen molar-refractivity contribution in [2.75, 3.05) is 0 Å². The van der Waals surface area contributed by atoms with E-state index in [0.717, 1.165) is 29.2 Å². The van der Waals surface area contributed by atoms with Crippen molar-refractivity contribution >= 4 is 19.7 Å². The van der Waals surface area contributed by atoms with Crippen LogP contribution in [0.4, 0.5) is 0 Å². The second-order valence-corrected chi connectivity index (χ2v) is 12.0. The molecule has 0 aliphatic heterocycles. The highest BCUT2D eigenvalue weighted by Crippen LogP contribution is 2.20.